The molecular weight excluding hydrogens is 245 g/mol. The van der Waals surface area contributed by atoms with Crippen molar-refractivity contribution >= 4 is 0 Å². The lowest BCUT2D eigenvalue weighted by Gasteiger charge is -2.12. The lowest BCUT2D eigenvalue weighted by molar-refractivity contribution is 0.186. The van der Waals surface area contributed by atoms with Gasteiger partial charge in [-0.3, -0.25) is 5.32 Å². The number of nitrogens with one attached hydrogen (secondary N) is 1. The minimum Gasteiger partial charge on any atom is -0.472 e. The quantitative estimate of drug-likeness (QED) is 0.919. The van der Waals surface area contributed by atoms with Gasteiger partial charge in [-0.05, 0) is 31.5 Å². The highest BCUT2D eigenvalue weighted by Gasteiger charge is 2.15. The molecule has 4 nitrogen and oxygen atoms in total. The van der Waals surface area contributed by atoms with Crippen molar-refractivity contribution in [2.45, 2.75) is 19.1 Å². The fraction of sp³-hybridized carbons (Fsp3) is 0.286. The molecule has 1 aromatic heterocycles. The molecule has 3 rings (SSSR count). The van der Waals surface area contributed by atoms with E-state index in [0.29, 0.717) is 17.1 Å². The van der Waals surface area contributed by atoms with E-state index >= 15 is 0 Å². The van der Waals surface area contributed by atoms with Crippen molar-refractivity contribution in [1.29, 1.82) is 0 Å². The summed E-state index contributed by atoms with van der Waals surface area (Å²) in [4.78, 5) is 8.30. The van der Waals surface area contributed by atoms with Gasteiger partial charge in [0.2, 0.25) is 0 Å². The summed E-state index contributed by atoms with van der Waals surface area (Å²) in [6.07, 6.45) is 5.28. The number of rotatable bonds is 3. The molecule has 0 saturated carbocycles. The van der Waals surface area contributed by atoms with Crippen molar-refractivity contribution in [3.63, 3.8) is 0 Å². The van der Waals surface area contributed by atoms with Crippen LogP contribution in [0.2, 0.25) is 0 Å². The van der Waals surface area contributed by atoms with Crippen LogP contribution in [0.25, 0.3) is 11.4 Å². The van der Waals surface area contributed by atoms with Crippen LogP contribution in [0.1, 0.15) is 12.8 Å². The molecule has 0 aliphatic carbocycles. The van der Waals surface area contributed by atoms with E-state index in [-0.39, 0.29) is 12.0 Å². The Hall–Kier alpha value is -2.01. The molecule has 5 heteroatoms. The number of ether oxygens (including phenoxy) is 1. The zero-order valence-corrected chi connectivity index (χ0v) is 10.3. The molecule has 1 unspecified atom stereocenters. The molecule has 1 saturated heterocycles. The van der Waals surface area contributed by atoms with E-state index in [4.69, 9.17) is 4.74 Å². The lowest BCUT2D eigenvalue weighted by Crippen LogP contribution is -2.27. The molecule has 2 heterocycles. The topological polar surface area (TPSA) is 47.0 Å². The number of halogens is 1. The van der Waals surface area contributed by atoms with Crippen molar-refractivity contribution in [1.82, 2.24) is 15.3 Å². The molecular formula is C14H14FN3O. The average molecular weight is 259 g/mol. The normalized spacial score (nSPS) is 18.5. The van der Waals surface area contributed by atoms with Gasteiger partial charge in [-0.15, -0.1) is 0 Å². The molecule has 1 aliphatic rings. The predicted octanol–water partition coefficient (Wildman–Crippen LogP) is 2.37. The summed E-state index contributed by atoms with van der Waals surface area (Å²) in [5.41, 5.74) is 0.396. The smallest absolute Gasteiger partial charge is 0.162 e. The Balaban J connectivity index is 1.77. The SMILES string of the molecule is Fc1ccccc1-c1ncc(OC2CCCN2)cn1. The third-order valence-electron chi connectivity index (χ3n) is 3.04. The molecule has 1 N–H and O–H groups in total. The Morgan fingerprint density at radius 2 is 2.00 bits per heavy atom. The molecule has 0 spiro atoms. The molecule has 1 aromatic carbocycles. The number of benzene rings is 1. The molecule has 1 fully saturated rings. The van der Waals surface area contributed by atoms with Gasteiger partial charge in [0.25, 0.3) is 0 Å². The number of nitrogens with zero attached hydrogens (tertiary/aromatic N) is 2. The van der Waals surface area contributed by atoms with Gasteiger partial charge in [-0.2, -0.15) is 0 Å². The van der Waals surface area contributed by atoms with Crippen LogP contribution in [-0.4, -0.2) is 22.7 Å². The summed E-state index contributed by atoms with van der Waals surface area (Å²) < 4.78 is 19.2. The minimum absolute atomic E-state index is 0.0305. The van der Waals surface area contributed by atoms with Crippen molar-refractivity contribution in [2.24, 2.45) is 0 Å². The monoisotopic (exact) mass is 259 g/mol. The number of hydrogen-bond donors (Lipinski definition) is 1. The van der Waals surface area contributed by atoms with Gasteiger partial charge < -0.3 is 4.74 Å². The molecule has 19 heavy (non-hydrogen) atoms. The van der Waals surface area contributed by atoms with Crippen LogP contribution >= 0.6 is 0 Å². The number of hydrogen-bond acceptors (Lipinski definition) is 4. The van der Waals surface area contributed by atoms with Crippen LogP contribution < -0.4 is 10.1 Å². The molecule has 0 bridgehead atoms. The Bertz CT molecular complexity index is 553. The summed E-state index contributed by atoms with van der Waals surface area (Å²) in [6, 6.07) is 6.45. The molecule has 0 radical (unpaired) electrons. The molecule has 2 aromatic rings. The fourth-order valence-electron chi connectivity index (χ4n) is 2.08. The predicted molar refractivity (Wildman–Crippen MR) is 69.1 cm³/mol. The Morgan fingerprint density at radius 1 is 1.21 bits per heavy atom. The first-order chi connectivity index (χ1) is 9.33. The van der Waals surface area contributed by atoms with Crippen LogP contribution in [0.4, 0.5) is 4.39 Å². The zero-order chi connectivity index (χ0) is 13.1. The van der Waals surface area contributed by atoms with Gasteiger partial charge >= 0.3 is 0 Å². The van der Waals surface area contributed by atoms with Crippen LogP contribution in [0.3, 0.4) is 0 Å². The van der Waals surface area contributed by atoms with Crippen molar-refractivity contribution < 1.29 is 9.13 Å². The first-order valence-electron chi connectivity index (χ1n) is 6.30. The van der Waals surface area contributed by atoms with Crippen molar-refractivity contribution in [2.75, 3.05) is 6.54 Å². The molecule has 0 amide bonds. The Kier molecular flexibility index (Phi) is 3.37. The Morgan fingerprint density at radius 3 is 2.68 bits per heavy atom. The van der Waals surface area contributed by atoms with E-state index in [0.717, 1.165) is 19.4 Å². The van der Waals surface area contributed by atoms with Crippen LogP contribution in [0.5, 0.6) is 5.75 Å². The zero-order valence-electron chi connectivity index (χ0n) is 10.3. The van der Waals surface area contributed by atoms with Gasteiger partial charge in [0.1, 0.15) is 12.0 Å². The van der Waals surface area contributed by atoms with Crippen LogP contribution in [-0.2, 0) is 0 Å². The van der Waals surface area contributed by atoms with Gasteiger partial charge in [0.05, 0.1) is 18.0 Å². The van der Waals surface area contributed by atoms with Gasteiger partial charge in [-0.25, -0.2) is 14.4 Å². The first kappa shape index (κ1) is 12.0. The Labute approximate surface area is 110 Å². The highest BCUT2D eigenvalue weighted by molar-refractivity contribution is 5.55. The molecule has 1 aliphatic heterocycles. The van der Waals surface area contributed by atoms with E-state index in [9.17, 15) is 4.39 Å². The summed E-state index contributed by atoms with van der Waals surface area (Å²) >= 11 is 0. The maximum Gasteiger partial charge on any atom is 0.162 e. The standard InChI is InChI=1S/C14H14FN3O/c15-12-5-2-1-4-11(12)14-17-8-10(9-18-14)19-13-6-3-7-16-13/h1-2,4-5,8-9,13,16H,3,6-7H2. The van der Waals surface area contributed by atoms with Crippen molar-refractivity contribution in [3.8, 4) is 17.1 Å². The summed E-state index contributed by atoms with van der Waals surface area (Å²) in [7, 11) is 0. The maximum atomic E-state index is 13.6. The second kappa shape index (κ2) is 5.32. The van der Waals surface area contributed by atoms with Gasteiger partial charge in [-0.1, -0.05) is 12.1 Å². The van der Waals surface area contributed by atoms with E-state index in [2.05, 4.69) is 15.3 Å². The number of aromatic nitrogens is 2. The maximum absolute atomic E-state index is 13.6. The van der Waals surface area contributed by atoms with E-state index in [1.165, 1.54) is 6.07 Å². The average Bonchev–Trinajstić information content (AvgIpc) is 2.93. The molecule has 98 valence electrons. The van der Waals surface area contributed by atoms with Gasteiger partial charge in [0, 0.05) is 0 Å². The first-order valence-corrected chi connectivity index (χ1v) is 6.30. The van der Waals surface area contributed by atoms with Crippen LogP contribution in [0, 0.1) is 5.82 Å². The second-order valence-electron chi connectivity index (χ2n) is 4.43. The minimum atomic E-state index is -0.325. The summed E-state index contributed by atoms with van der Waals surface area (Å²) in [5, 5.41) is 3.22. The summed E-state index contributed by atoms with van der Waals surface area (Å²) in [6.45, 7) is 0.971. The molecule has 1 atom stereocenters. The fourth-order valence-corrected chi connectivity index (χ4v) is 2.08. The highest BCUT2D eigenvalue weighted by atomic mass is 19.1. The third-order valence-corrected chi connectivity index (χ3v) is 3.04. The van der Waals surface area contributed by atoms with E-state index < -0.39 is 0 Å². The van der Waals surface area contributed by atoms with E-state index in [1.54, 1.807) is 30.6 Å². The van der Waals surface area contributed by atoms with Crippen molar-refractivity contribution in [3.05, 3.63) is 42.5 Å². The lowest BCUT2D eigenvalue weighted by atomic mass is 10.2. The third kappa shape index (κ3) is 2.71. The largest absolute Gasteiger partial charge is 0.472 e. The second-order valence-corrected chi connectivity index (χ2v) is 4.43. The van der Waals surface area contributed by atoms with Crippen LogP contribution in [0.15, 0.2) is 36.7 Å². The van der Waals surface area contributed by atoms with E-state index in [1.807, 2.05) is 0 Å². The summed E-state index contributed by atoms with van der Waals surface area (Å²) in [5.74, 6) is 0.637. The highest BCUT2D eigenvalue weighted by Crippen LogP contribution is 2.20. The van der Waals surface area contributed by atoms with Gasteiger partial charge in [0.15, 0.2) is 11.6 Å².